The normalized spacial score (nSPS) is 11.6. The van der Waals surface area contributed by atoms with Gasteiger partial charge in [-0.1, -0.05) is 11.3 Å². The van der Waals surface area contributed by atoms with Crippen LogP contribution in [0.3, 0.4) is 0 Å². The van der Waals surface area contributed by atoms with Gasteiger partial charge in [0.15, 0.2) is 0 Å². The molecule has 2 rings (SSSR count). The molecule has 0 aliphatic rings. The molecule has 86 valence electrons. The zero-order valence-electron chi connectivity index (χ0n) is 8.13. The number of nitrogens with one attached hydrogen (secondary N) is 2. The predicted octanol–water partition coefficient (Wildman–Crippen LogP) is -0.0474. The lowest BCUT2D eigenvalue weighted by atomic mass is 10.7. The Kier molecular flexibility index (Phi) is 2.52. The highest BCUT2D eigenvalue weighted by molar-refractivity contribution is 7.93. The Bertz CT molecular complexity index is 600. The third kappa shape index (κ3) is 1.97. The van der Waals surface area contributed by atoms with E-state index in [2.05, 4.69) is 25.1 Å². The van der Waals surface area contributed by atoms with Gasteiger partial charge in [0.2, 0.25) is 5.13 Å². The van der Waals surface area contributed by atoms with Crippen molar-refractivity contribution in [1.29, 1.82) is 0 Å². The molecule has 0 atom stereocenters. The minimum absolute atomic E-state index is 0.0197. The Labute approximate surface area is 94.9 Å². The van der Waals surface area contributed by atoms with Crippen molar-refractivity contribution in [3.8, 4) is 0 Å². The molecule has 0 aliphatic carbocycles. The number of nitrogens with zero attached hydrogens (tertiary/aromatic N) is 3. The molecule has 10 heteroatoms. The highest BCUT2D eigenvalue weighted by atomic mass is 32.2. The molecule has 2 aromatic rings. The molecule has 0 bridgehead atoms. The number of aromatic amines is 1. The summed E-state index contributed by atoms with van der Waals surface area (Å²) in [5.41, 5.74) is 5.42. The van der Waals surface area contributed by atoms with E-state index in [0.717, 1.165) is 17.5 Å². The van der Waals surface area contributed by atoms with Crippen LogP contribution in [0.1, 0.15) is 5.01 Å². The number of nitrogens with two attached hydrogens (primary N) is 1. The van der Waals surface area contributed by atoms with E-state index in [1.54, 1.807) is 6.92 Å². The Hall–Kier alpha value is -1.68. The summed E-state index contributed by atoms with van der Waals surface area (Å²) < 4.78 is 25.8. The molecular weight excluding hydrogens is 252 g/mol. The minimum Gasteiger partial charge on any atom is -0.383 e. The van der Waals surface area contributed by atoms with E-state index >= 15 is 0 Å². The van der Waals surface area contributed by atoms with Gasteiger partial charge >= 0.3 is 0 Å². The van der Waals surface area contributed by atoms with Crippen molar-refractivity contribution in [2.75, 3.05) is 10.5 Å². The first kappa shape index (κ1) is 10.8. The minimum atomic E-state index is -3.75. The summed E-state index contributed by atoms with van der Waals surface area (Å²) in [5.74, 6) is -0.0197. The van der Waals surface area contributed by atoms with Gasteiger partial charge in [0.1, 0.15) is 15.7 Å². The van der Waals surface area contributed by atoms with Crippen LogP contribution < -0.4 is 10.5 Å². The van der Waals surface area contributed by atoms with Crippen molar-refractivity contribution >= 4 is 32.3 Å². The predicted molar refractivity (Wildman–Crippen MR) is 58.5 cm³/mol. The smallest absolute Gasteiger partial charge is 0.268 e. The number of hydrogen-bond donors (Lipinski definition) is 3. The van der Waals surface area contributed by atoms with E-state index in [-0.39, 0.29) is 15.8 Å². The van der Waals surface area contributed by atoms with Gasteiger partial charge in [-0.15, -0.1) is 10.2 Å². The number of rotatable bonds is 3. The summed E-state index contributed by atoms with van der Waals surface area (Å²) in [6.07, 6.45) is 1.13. The first-order valence-electron chi connectivity index (χ1n) is 4.11. The van der Waals surface area contributed by atoms with E-state index in [4.69, 9.17) is 5.73 Å². The molecule has 0 fully saturated rings. The van der Waals surface area contributed by atoms with Gasteiger partial charge in [0.05, 0.1) is 6.20 Å². The zero-order chi connectivity index (χ0) is 11.8. The van der Waals surface area contributed by atoms with Crippen LogP contribution >= 0.6 is 11.3 Å². The maximum Gasteiger partial charge on any atom is 0.268 e. The number of aryl methyl sites for hydroxylation is 1. The Morgan fingerprint density at radius 3 is 2.75 bits per heavy atom. The first-order valence-corrected chi connectivity index (χ1v) is 6.41. The van der Waals surface area contributed by atoms with E-state index in [0.29, 0.717) is 5.01 Å². The van der Waals surface area contributed by atoms with Gasteiger partial charge in [-0.2, -0.15) is 5.10 Å². The van der Waals surface area contributed by atoms with Gasteiger partial charge in [0, 0.05) is 0 Å². The molecule has 4 N–H and O–H groups in total. The maximum atomic E-state index is 11.8. The van der Waals surface area contributed by atoms with Crippen LogP contribution in [0.15, 0.2) is 11.1 Å². The van der Waals surface area contributed by atoms with Crippen molar-refractivity contribution in [3.63, 3.8) is 0 Å². The fourth-order valence-corrected chi connectivity index (χ4v) is 2.85. The monoisotopic (exact) mass is 260 g/mol. The lowest BCUT2D eigenvalue weighted by Crippen LogP contribution is -2.13. The van der Waals surface area contributed by atoms with Gasteiger partial charge in [-0.3, -0.25) is 9.82 Å². The van der Waals surface area contributed by atoms with Crippen molar-refractivity contribution in [1.82, 2.24) is 20.4 Å². The van der Waals surface area contributed by atoms with Crippen LogP contribution in [0.5, 0.6) is 0 Å². The number of aromatic nitrogens is 4. The Morgan fingerprint density at radius 2 is 2.25 bits per heavy atom. The summed E-state index contributed by atoms with van der Waals surface area (Å²) in [7, 11) is -3.75. The molecule has 16 heavy (non-hydrogen) atoms. The highest BCUT2D eigenvalue weighted by Crippen LogP contribution is 2.21. The van der Waals surface area contributed by atoms with Gasteiger partial charge < -0.3 is 5.73 Å². The fourth-order valence-electron chi connectivity index (χ4n) is 1.01. The summed E-state index contributed by atoms with van der Waals surface area (Å²) in [5, 5.41) is 14.1. The molecule has 0 aliphatic heterocycles. The second-order valence-electron chi connectivity index (χ2n) is 2.88. The van der Waals surface area contributed by atoms with E-state index in [9.17, 15) is 8.42 Å². The number of hydrogen-bond acceptors (Lipinski definition) is 7. The SMILES string of the molecule is Cc1nnc(NS(=O)(=O)c2cn[nH]c2N)s1. The average molecular weight is 260 g/mol. The second kappa shape index (κ2) is 3.72. The Morgan fingerprint density at radius 1 is 1.50 bits per heavy atom. The van der Waals surface area contributed by atoms with E-state index in [1.807, 2.05) is 0 Å². The summed E-state index contributed by atoms with van der Waals surface area (Å²) >= 11 is 1.13. The topological polar surface area (TPSA) is 127 Å². The van der Waals surface area contributed by atoms with Crippen molar-refractivity contribution in [2.45, 2.75) is 11.8 Å². The molecule has 0 spiro atoms. The molecule has 0 amide bonds. The van der Waals surface area contributed by atoms with Crippen LogP contribution in [0.4, 0.5) is 10.9 Å². The first-order chi connectivity index (χ1) is 7.49. The number of anilines is 2. The van der Waals surface area contributed by atoms with E-state index < -0.39 is 10.0 Å². The third-order valence-electron chi connectivity index (χ3n) is 1.67. The molecule has 0 saturated carbocycles. The maximum absolute atomic E-state index is 11.8. The van der Waals surface area contributed by atoms with Gasteiger partial charge in [-0.05, 0) is 6.92 Å². The molecular formula is C6H8N6O2S2. The van der Waals surface area contributed by atoms with Crippen LogP contribution in [0, 0.1) is 6.92 Å². The highest BCUT2D eigenvalue weighted by Gasteiger charge is 2.20. The summed E-state index contributed by atoms with van der Waals surface area (Å²) in [4.78, 5) is -0.111. The number of nitrogen functional groups attached to an aromatic ring is 1. The molecule has 0 saturated heterocycles. The van der Waals surface area contributed by atoms with Crippen molar-refractivity contribution < 1.29 is 8.42 Å². The molecule has 0 unspecified atom stereocenters. The van der Waals surface area contributed by atoms with Crippen molar-refractivity contribution in [2.24, 2.45) is 0 Å². The van der Waals surface area contributed by atoms with Crippen LogP contribution in [0.2, 0.25) is 0 Å². The summed E-state index contributed by atoms with van der Waals surface area (Å²) in [6, 6.07) is 0. The molecule has 8 nitrogen and oxygen atoms in total. The number of H-pyrrole nitrogens is 1. The van der Waals surface area contributed by atoms with E-state index in [1.165, 1.54) is 0 Å². The fraction of sp³-hybridized carbons (Fsp3) is 0.167. The quantitative estimate of drug-likeness (QED) is 0.710. The van der Waals surface area contributed by atoms with Gasteiger partial charge in [-0.25, -0.2) is 8.42 Å². The Balaban J connectivity index is 2.31. The summed E-state index contributed by atoms with van der Waals surface area (Å²) in [6.45, 7) is 1.72. The average Bonchev–Trinajstić information content (AvgIpc) is 2.74. The zero-order valence-corrected chi connectivity index (χ0v) is 9.76. The second-order valence-corrected chi connectivity index (χ2v) is 5.71. The lowest BCUT2D eigenvalue weighted by Gasteiger charge is -2.01. The molecule has 0 aromatic carbocycles. The van der Waals surface area contributed by atoms with Crippen molar-refractivity contribution in [3.05, 3.63) is 11.2 Å². The number of sulfonamides is 1. The standard InChI is InChI=1S/C6H8N6O2S2/c1-3-9-11-6(15-3)12-16(13,14)4-2-8-10-5(4)7/h2H,1H3,(H,11,12)(H3,7,8,10). The van der Waals surface area contributed by atoms with Crippen LogP contribution in [0.25, 0.3) is 0 Å². The van der Waals surface area contributed by atoms with Gasteiger partial charge in [0.25, 0.3) is 10.0 Å². The van der Waals surface area contributed by atoms with Crippen LogP contribution in [-0.4, -0.2) is 28.8 Å². The third-order valence-corrected chi connectivity index (χ3v) is 3.92. The molecule has 0 radical (unpaired) electrons. The molecule has 2 heterocycles. The lowest BCUT2D eigenvalue weighted by molar-refractivity contribution is 0.601. The largest absolute Gasteiger partial charge is 0.383 e. The van der Waals surface area contributed by atoms with Crippen LogP contribution in [-0.2, 0) is 10.0 Å². The molecule has 2 aromatic heterocycles.